The van der Waals surface area contributed by atoms with Gasteiger partial charge in [-0.25, -0.2) is 0 Å². The molecule has 98 valence electrons. The summed E-state index contributed by atoms with van der Waals surface area (Å²) >= 11 is 1.73. The Morgan fingerprint density at radius 2 is 2.28 bits per heavy atom. The number of nitrogen functional groups attached to an aromatic ring is 1. The normalized spacial score (nSPS) is 9.78. The number of rotatable bonds is 8. The fourth-order valence-corrected chi connectivity index (χ4v) is 1.93. The first-order valence-corrected chi connectivity index (χ1v) is 7.20. The van der Waals surface area contributed by atoms with Crippen LogP contribution in [0.15, 0.2) is 18.2 Å². The van der Waals surface area contributed by atoms with E-state index in [-0.39, 0.29) is 0 Å². The number of anilines is 2. The van der Waals surface area contributed by atoms with Gasteiger partial charge < -0.3 is 15.8 Å². The molecular weight excluding hydrogens is 244 g/mol. The second-order valence-corrected chi connectivity index (χ2v) is 4.93. The summed E-state index contributed by atoms with van der Waals surface area (Å²) in [7, 11) is 0. The van der Waals surface area contributed by atoms with Gasteiger partial charge in [0.2, 0.25) is 0 Å². The number of hydrogen-bond donors (Lipinski definition) is 2. The van der Waals surface area contributed by atoms with E-state index in [1.165, 1.54) is 0 Å². The number of hydrogen-bond acceptors (Lipinski definition) is 4. The second kappa shape index (κ2) is 8.60. The molecule has 0 aliphatic heterocycles. The predicted octanol–water partition coefficient (Wildman–Crippen LogP) is 2.84. The van der Waals surface area contributed by atoms with Crippen LogP contribution in [0.4, 0.5) is 11.4 Å². The van der Waals surface area contributed by atoms with Gasteiger partial charge in [-0.3, -0.25) is 0 Å². The first kappa shape index (κ1) is 14.6. The molecule has 0 radical (unpaired) electrons. The van der Waals surface area contributed by atoms with Crippen molar-refractivity contribution in [3.8, 4) is 18.1 Å². The molecule has 0 spiro atoms. The van der Waals surface area contributed by atoms with E-state index in [4.69, 9.17) is 16.9 Å². The number of thioether (sulfide) groups is 1. The van der Waals surface area contributed by atoms with Crippen molar-refractivity contribution in [1.82, 2.24) is 0 Å². The highest BCUT2D eigenvalue weighted by Gasteiger charge is 1.99. The van der Waals surface area contributed by atoms with Gasteiger partial charge >= 0.3 is 0 Å². The third kappa shape index (κ3) is 5.74. The van der Waals surface area contributed by atoms with Crippen molar-refractivity contribution in [3.05, 3.63) is 18.2 Å². The van der Waals surface area contributed by atoms with Crippen LogP contribution >= 0.6 is 11.8 Å². The predicted molar refractivity (Wildman–Crippen MR) is 81.3 cm³/mol. The number of ether oxygens (including phenoxy) is 1. The number of nitrogens with two attached hydrogens (primary N) is 1. The van der Waals surface area contributed by atoms with Crippen molar-refractivity contribution >= 4 is 23.1 Å². The summed E-state index contributed by atoms with van der Waals surface area (Å²) in [5, 5.41) is 3.31. The molecule has 0 aliphatic rings. The zero-order valence-corrected chi connectivity index (χ0v) is 11.6. The number of benzene rings is 1. The summed E-state index contributed by atoms with van der Waals surface area (Å²) in [4.78, 5) is 0. The van der Waals surface area contributed by atoms with Crippen molar-refractivity contribution in [2.75, 3.05) is 35.7 Å². The molecule has 3 nitrogen and oxygen atoms in total. The minimum atomic E-state index is 0.709. The number of terminal acetylenes is 1. The first-order valence-electron chi connectivity index (χ1n) is 6.04. The molecule has 0 saturated heterocycles. The highest BCUT2D eigenvalue weighted by atomic mass is 32.2. The maximum absolute atomic E-state index is 5.83. The Morgan fingerprint density at radius 1 is 1.44 bits per heavy atom. The van der Waals surface area contributed by atoms with Crippen LogP contribution in [0.3, 0.4) is 0 Å². The van der Waals surface area contributed by atoms with E-state index in [0.717, 1.165) is 35.9 Å². The lowest BCUT2D eigenvalue weighted by Gasteiger charge is -2.10. The molecule has 0 heterocycles. The van der Waals surface area contributed by atoms with Gasteiger partial charge in [0.1, 0.15) is 5.75 Å². The largest absolute Gasteiger partial charge is 0.493 e. The second-order valence-electron chi connectivity index (χ2n) is 3.82. The van der Waals surface area contributed by atoms with E-state index in [1.54, 1.807) is 11.8 Å². The van der Waals surface area contributed by atoms with Crippen molar-refractivity contribution in [1.29, 1.82) is 0 Å². The third-order valence-corrected chi connectivity index (χ3v) is 3.03. The summed E-state index contributed by atoms with van der Waals surface area (Å²) in [6.07, 6.45) is 6.17. The van der Waals surface area contributed by atoms with Crippen LogP contribution < -0.4 is 15.8 Å². The minimum Gasteiger partial charge on any atom is -0.493 e. The van der Waals surface area contributed by atoms with E-state index in [1.807, 2.05) is 18.2 Å². The van der Waals surface area contributed by atoms with Gasteiger partial charge in [0.15, 0.2) is 0 Å². The van der Waals surface area contributed by atoms with Gasteiger partial charge in [0.25, 0.3) is 0 Å². The molecular formula is C14H20N2OS. The Balaban J connectivity index is 2.44. The van der Waals surface area contributed by atoms with E-state index >= 15 is 0 Å². The molecule has 18 heavy (non-hydrogen) atoms. The van der Waals surface area contributed by atoms with Crippen molar-refractivity contribution in [2.45, 2.75) is 13.3 Å². The lowest BCUT2D eigenvalue weighted by molar-refractivity contribution is 0.318. The molecule has 0 unspecified atom stereocenters. The number of nitrogens with one attached hydrogen (secondary N) is 1. The Kier molecular flexibility index (Phi) is 6.97. The van der Waals surface area contributed by atoms with E-state index in [0.29, 0.717) is 12.3 Å². The standard InChI is InChI=1S/C14H20N2OS/c1-3-6-17-14-10-12(15)9-13(11-14)16-5-8-18-7-4-2/h2,9-11,16H,3,5-8,15H2,1H3. The molecule has 1 rings (SSSR count). The first-order chi connectivity index (χ1) is 8.76. The topological polar surface area (TPSA) is 47.3 Å². The summed E-state index contributed by atoms with van der Waals surface area (Å²) < 4.78 is 5.57. The maximum Gasteiger partial charge on any atom is 0.123 e. The van der Waals surface area contributed by atoms with Gasteiger partial charge in [-0.05, 0) is 12.5 Å². The van der Waals surface area contributed by atoms with E-state index < -0.39 is 0 Å². The highest BCUT2D eigenvalue weighted by Crippen LogP contribution is 2.22. The van der Waals surface area contributed by atoms with Gasteiger partial charge in [0, 0.05) is 35.8 Å². The van der Waals surface area contributed by atoms with E-state index in [2.05, 4.69) is 18.2 Å². The van der Waals surface area contributed by atoms with Gasteiger partial charge in [-0.1, -0.05) is 12.8 Å². The fraction of sp³-hybridized carbons (Fsp3) is 0.429. The maximum atomic E-state index is 5.83. The van der Waals surface area contributed by atoms with Gasteiger partial charge in [0.05, 0.1) is 12.4 Å². The summed E-state index contributed by atoms with van der Waals surface area (Å²) in [6, 6.07) is 5.72. The van der Waals surface area contributed by atoms with Crippen LogP contribution in [0, 0.1) is 12.3 Å². The van der Waals surface area contributed by atoms with Crippen LogP contribution in [-0.2, 0) is 0 Å². The Hall–Kier alpha value is -1.47. The van der Waals surface area contributed by atoms with Crippen molar-refractivity contribution in [3.63, 3.8) is 0 Å². The molecule has 4 heteroatoms. The van der Waals surface area contributed by atoms with Crippen LogP contribution in [0.2, 0.25) is 0 Å². The SMILES string of the molecule is C#CCSCCNc1cc(N)cc(OCCC)c1. The van der Waals surface area contributed by atoms with Crippen LogP contribution in [-0.4, -0.2) is 24.7 Å². The minimum absolute atomic E-state index is 0.709. The summed E-state index contributed by atoms with van der Waals surface area (Å²) in [6.45, 7) is 3.65. The van der Waals surface area contributed by atoms with Crippen LogP contribution in [0.25, 0.3) is 0 Å². The van der Waals surface area contributed by atoms with Crippen molar-refractivity contribution < 1.29 is 4.74 Å². The Labute approximate surface area is 113 Å². The molecule has 0 amide bonds. The molecule has 0 aliphatic carbocycles. The Morgan fingerprint density at radius 3 is 3.00 bits per heavy atom. The van der Waals surface area contributed by atoms with E-state index in [9.17, 15) is 0 Å². The van der Waals surface area contributed by atoms with Crippen LogP contribution in [0.5, 0.6) is 5.75 Å². The third-order valence-electron chi connectivity index (χ3n) is 2.16. The van der Waals surface area contributed by atoms with Crippen molar-refractivity contribution in [2.24, 2.45) is 0 Å². The monoisotopic (exact) mass is 264 g/mol. The zero-order valence-electron chi connectivity index (χ0n) is 10.7. The fourth-order valence-electron chi connectivity index (χ4n) is 1.43. The molecule has 1 aromatic rings. The molecule has 1 aromatic carbocycles. The van der Waals surface area contributed by atoms with Gasteiger partial charge in [-0.2, -0.15) is 0 Å². The lowest BCUT2D eigenvalue weighted by Crippen LogP contribution is -2.05. The quantitative estimate of drug-likeness (QED) is 0.430. The molecule has 0 fully saturated rings. The highest BCUT2D eigenvalue weighted by molar-refractivity contribution is 7.99. The molecule has 0 saturated carbocycles. The molecule has 0 atom stereocenters. The smallest absolute Gasteiger partial charge is 0.123 e. The van der Waals surface area contributed by atoms with Gasteiger partial charge in [-0.15, -0.1) is 18.2 Å². The van der Waals surface area contributed by atoms with Crippen LogP contribution in [0.1, 0.15) is 13.3 Å². The average Bonchev–Trinajstić information content (AvgIpc) is 2.35. The zero-order chi connectivity index (χ0) is 13.2. The lowest BCUT2D eigenvalue weighted by atomic mass is 10.2. The Bertz CT molecular complexity index is 401. The average molecular weight is 264 g/mol. The molecule has 3 N–H and O–H groups in total. The summed E-state index contributed by atoms with van der Waals surface area (Å²) in [5.41, 5.74) is 7.53. The summed E-state index contributed by atoms with van der Waals surface area (Å²) in [5.74, 6) is 5.15. The molecule has 0 aromatic heterocycles. The molecule has 0 bridgehead atoms.